The molecule has 0 unspecified atom stereocenters. The molecule has 6 nitrogen and oxygen atoms in total. The summed E-state index contributed by atoms with van der Waals surface area (Å²) < 4.78 is 0. The highest BCUT2D eigenvalue weighted by Gasteiger charge is 2.20. The number of carbonyl (C=O) groups is 2. The molecule has 0 aromatic rings. The maximum absolute atomic E-state index is 11.5. The monoisotopic (exact) mass is 289 g/mol. The summed E-state index contributed by atoms with van der Waals surface area (Å²) in [5.74, 6) is -0.276. The number of hydrogen-bond donors (Lipinski definition) is 4. The molecule has 0 bridgehead atoms. The van der Waals surface area contributed by atoms with Crippen molar-refractivity contribution in [3.63, 3.8) is 0 Å². The van der Waals surface area contributed by atoms with Gasteiger partial charge in [-0.15, -0.1) is 0 Å². The lowest BCUT2D eigenvalue weighted by molar-refractivity contribution is -0.139. The van der Waals surface area contributed by atoms with E-state index in [2.05, 4.69) is 16.0 Å². The van der Waals surface area contributed by atoms with Crippen molar-refractivity contribution in [1.29, 1.82) is 0 Å². The van der Waals surface area contributed by atoms with Crippen LogP contribution in [-0.4, -0.2) is 54.3 Å². The summed E-state index contributed by atoms with van der Waals surface area (Å²) >= 11 is 1.56. The molecule has 1 saturated carbocycles. The third kappa shape index (κ3) is 7.94. The number of aliphatic carboxylic acids is 1. The number of thioether (sulfide) groups is 1. The van der Waals surface area contributed by atoms with Crippen LogP contribution in [-0.2, 0) is 4.79 Å². The van der Waals surface area contributed by atoms with E-state index in [0.717, 1.165) is 13.0 Å². The van der Waals surface area contributed by atoms with Gasteiger partial charge in [-0.3, -0.25) is 0 Å². The molecule has 110 valence electrons. The fourth-order valence-electron chi connectivity index (χ4n) is 1.59. The van der Waals surface area contributed by atoms with Gasteiger partial charge in [-0.05, 0) is 44.2 Å². The van der Waals surface area contributed by atoms with E-state index in [1.807, 2.05) is 6.26 Å². The lowest BCUT2D eigenvalue weighted by atomic mass is 10.2. The standard InChI is InChI=1S/C12H23N3O3S/c1-19-8-5-10(11(16)17)15-12(18)14-7-2-6-13-9-3-4-9/h9-10,13H,2-8H2,1H3,(H,16,17)(H2,14,15,18)/t10-/m0/s1. The molecule has 0 aliphatic heterocycles. The number of nitrogens with one attached hydrogen (secondary N) is 3. The fraction of sp³-hybridized carbons (Fsp3) is 0.833. The van der Waals surface area contributed by atoms with Crippen molar-refractivity contribution in [1.82, 2.24) is 16.0 Å². The molecule has 0 saturated heterocycles. The van der Waals surface area contributed by atoms with Crippen LogP contribution in [0, 0.1) is 0 Å². The molecule has 0 heterocycles. The van der Waals surface area contributed by atoms with Gasteiger partial charge in [0.05, 0.1) is 0 Å². The van der Waals surface area contributed by atoms with Gasteiger partial charge in [0.25, 0.3) is 0 Å². The Hall–Kier alpha value is -0.950. The highest BCUT2D eigenvalue weighted by molar-refractivity contribution is 7.98. The van der Waals surface area contributed by atoms with E-state index in [1.54, 1.807) is 11.8 Å². The van der Waals surface area contributed by atoms with Gasteiger partial charge in [0.15, 0.2) is 0 Å². The van der Waals surface area contributed by atoms with Crippen LogP contribution in [0.15, 0.2) is 0 Å². The highest BCUT2D eigenvalue weighted by Crippen LogP contribution is 2.18. The Morgan fingerprint density at radius 1 is 1.37 bits per heavy atom. The van der Waals surface area contributed by atoms with Crippen molar-refractivity contribution in [2.75, 3.05) is 25.1 Å². The maximum atomic E-state index is 11.5. The van der Waals surface area contributed by atoms with Crippen molar-refractivity contribution in [2.24, 2.45) is 0 Å². The van der Waals surface area contributed by atoms with E-state index in [-0.39, 0.29) is 0 Å². The summed E-state index contributed by atoms with van der Waals surface area (Å²) in [5.41, 5.74) is 0. The van der Waals surface area contributed by atoms with Crippen LogP contribution in [0.4, 0.5) is 4.79 Å². The molecule has 2 amide bonds. The van der Waals surface area contributed by atoms with Crippen LogP contribution in [0.5, 0.6) is 0 Å². The second-order valence-electron chi connectivity index (χ2n) is 4.65. The van der Waals surface area contributed by atoms with Gasteiger partial charge < -0.3 is 21.1 Å². The van der Waals surface area contributed by atoms with Crippen molar-refractivity contribution in [3.05, 3.63) is 0 Å². The Kier molecular flexibility index (Phi) is 7.66. The number of rotatable bonds is 10. The van der Waals surface area contributed by atoms with Gasteiger partial charge in [0.2, 0.25) is 0 Å². The molecule has 0 spiro atoms. The van der Waals surface area contributed by atoms with E-state index >= 15 is 0 Å². The summed E-state index contributed by atoms with van der Waals surface area (Å²) in [5, 5.41) is 17.5. The van der Waals surface area contributed by atoms with Crippen LogP contribution in [0.2, 0.25) is 0 Å². The van der Waals surface area contributed by atoms with Crippen LogP contribution in [0.3, 0.4) is 0 Å². The van der Waals surface area contributed by atoms with Crippen LogP contribution >= 0.6 is 11.8 Å². The van der Waals surface area contributed by atoms with Crippen molar-refractivity contribution >= 4 is 23.8 Å². The summed E-state index contributed by atoms with van der Waals surface area (Å²) in [6, 6.07) is -0.534. The normalized spacial score (nSPS) is 15.8. The second-order valence-corrected chi connectivity index (χ2v) is 5.64. The van der Waals surface area contributed by atoms with E-state index < -0.39 is 18.0 Å². The Balaban J connectivity index is 2.06. The lowest BCUT2D eigenvalue weighted by Crippen LogP contribution is -2.46. The van der Waals surface area contributed by atoms with Crippen LogP contribution in [0.25, 0.3) is 0 Å². The molecule has 1 rings (SSSR count). The SMILES string of the molecule is CSCC[C@H](NC(=O)NCCCNC1CC1)C(=O)O. The van der Waals surface area contributed by atoms with Crippen molar-refractivity contribution in [2.45, 2.75) is 37.8 Å². The van der Waals surface area contributed by atoms with E-state index in [4.69, 9.17) is 5.11 Å². The Morgan fingerprint density at radius 2 is 2.11 bits per heavy atom. The molecule has 1 fully saturated rings. The molecule has 0 aromatic heterocycles. The number of urea groups is 1. The zero-order chi connectivity index (χ0) is 14.1. The first-order valence-corrected chi connectivity index (χ1v) is 8.02. The molecule has 0 aromatic carbocycles. The molecular weight excluding hydrogens is 266 g/mol. The Bertz CT molecular complexity index is 298. The van der Waals surface area contributed by atoms with Gasteiger partial charge >= 0.3 is 12.0 Å². The average Bonchev–Trinajstić information content (AvgIpc) is 3.17. The second kappa shape index (κ2) is 9.03. The Morgan fingerprint density at radius 3 is 2.68 bits per heavy atom. The average molecular weight is 289 g/mol. The summed E-state index contributed by atoms with van der Waals surface area (Å²) in [6.07, 6.45) is 5.71. The third-order valence-electron chi connectivity index (χ3n) is 2.86. The van der Waals surface area contributed by atoms with Gasteiger partial charge in [-0.2, -0.15) is 11.8 Å². The number of carbonyl (C=O) groups excluding carboxylic acids is 1. The summed E-state index contributed by atoms with van der Waals surface area (Å²) in [4.78, 5) is 22.5. The first kappa shape index (κ1) is 16.1. The highest BCUT2D eigenvalue weighted by atomic mass is 32.2. The molecule has 1 atom stereocenters. The summed E-state index contributed by atoms with van der Waals surface area (Å²) in [7, 11) is 0. The number of carboxylic acids is 1. The maximum Gasteiger partial charge on any atom is 0.326 e. The number of hydrogen-bond acceptors (Lipinski definition) is 4. The van der Waals surface area contributed by atoms with Crippen LogP contribution < -0.4 is 16.0 Å². The minimum Gasteiger partial charge on any atom is -0.480 e. The molecule has 19 heavy (non-hydrogen) atoms. The van der Waals surface area contributed by atoms with Crippen molar-refractivity contribution in [3.8, 4) is 0 Å². The first-order valence-electron chi connectivity index (χ1n) is 6.63. The van der Waals surface area contributed by atoms with E-state index in [9.17, 15) is 9.59 Å². The predicted molar refractivity (Wildman–Crippen MR) is 76.6 cm³/mol. The largest absolute Gasteiger partial charge is 0.480 e. The predicted octanol–water partition coefficient (Wildman–Crippen LogP) is 0.634. The van der Waals surface area contributed by atoms with E-state index in [1.165, 1.54) is 12.8 Å². The van der Waals surface area contributed by atoms with Crippen LogP contribution in [0.1, 0.15) is 25.7 Å². The molecule has 1 aliphatic carbocycles. The Labute approximate surface area is 118 Å². The topological polar surface area (TPSA) is 90.5 Å². The van der Waals surface area contributed by atoms with Gasteiger partial charge in [-0.25, -0.2) is 9.59 Å². The minimum atomic E-state index is -0.986. The van der Waals surface area contributed by atoms with Gasteiger partial charge in [-0.1, -0.05) is 0 Å². The molecule has 4 N–H and O–H groups in total. The zero-order valence-electron chi connectivity index (χ0n) is 11.3. The molecular formula is C12H23N3O3S. The smallest absolute Gasteiger partial charge is 0.326 e. The fourth-order valence-corrected chi connectivity index (χ4v) is 2.06. The van der Waals surface area contributed by atoms with E-state index in [0.29, 0.717) is 24.8 Å². The molecule has 0 radical (unpaired) electrons. The molecule has 1 aliphatic rings. The quantitative estimate of drug-likeness (QED) is 0.443. The lowest BCUT2D eigenvalue weighted by Gasteiger charge is -2.14. The molecule has 7 heteroatoms. The summed E-state index contributed by atoms with van der Waals surface area (Å²) in [6.45, 7) is 1.44. The van der Waals surface area contributed by atoms with Gasteiger partial charge in [0, 0.05) is 12.6 Å². The van der Waals surface area contributed by atoms with Gasteiger partial charge in [0.1, 0.15) is 6.04 Å². The number of amides is 2. The van der Waals surface area contributed by atoms with Crippen molar-refractivity contribution < 1.29 is 14.7 Å². The minimum absolute atomic E-state index is 0.403. The zero-order valence-corrected chi connectivity index (χ0v) is 12.1. The number of carboxylic acid groups (broad SMARTS) is 1. The first-order chi connectivity index (χ1) is 9.13. The third-order valence-corrected chi connectivity index (χ3v) is 3.51.